The predicted octanol–water partition coefficient (Wildman–Crippen LogP) is -0.262. The molecule has 0 atom stereocenters. The molecular formula is C9H18O6. The summed E-state index contributed by atoms with van der Waals surface area (Å²) in [5, 5.41) is 7.94. The minimum atomic E-state index is -0.368. The Morgan fingerprint density at radius 3 is 1.53 bits per heavy atom. The number of aliphatic hydroxyl groups excluding tert-OH is 1. The van der Waals surface area contributed by atoms with Crippen LogP contribution < -0.4 is 0 Å². The summed E-state index contributed by atoms with van der Waals surface area (Å²) < 4.78 is 13.4. The first kappa shape index (κ1) is 16.3. The van der Waals surface area contributed by atoms with Crippen LogP contribution in [0.3, 0.4) is 0 Å². The van der Waals surface area contributed by atoms with Gasteiger partial charge in [-0.15, -0.1) is 0 Å². The van der Waals surface area contributed by atoms with Crippen molar-refractivity contribution in [1.82, 2.24) is 0 Å². The summed E-state index contributed by atoms with van der Waals surface area (Å²) >= 11 is 0. The smallest absolute Gasteiger partial charge is 0.302 e. The van der Waals surface area contributed by atoms with Gasteiger partial charge in [0.25, 0.3) is 0 Å². The van der Waals surface area contributed by atoms with E-state index in [0.29, 0.717) is 6.61 Å². The normalized spacial score (nSPS) is 8.53. The lowest BCUT2D eigenvalue weighted by atomic mass is 10.7. The second-order valence-electron chi connectivity index (χ2n) is 2.40. The Hall–Kier alpha value is -1.14. The second-order valence-corrected chi connectivity index (χ2v) is 2.40. The van der Waals surface area contributed by atoms with Gasteiger partial charge in [-0.2, -0.15) is 0 Å². The zero-order chi connectivity index (χ0) is 12.1. The highest BCUT2D eigenvalue weighted by molar-refractivity contribution is 5.66. The third kappa shape index (κ3) is 24.6. The van der Waals surface area contributed by atoms with E-state index in [1.807, 2.05) is 0 Å². The lowest BCUT2D eigenvalue weighted by Gasteiger charge is -2.00. The fraction of sp³-hybridized carbons (Fsp3) is 0.778. The molecule has 0 aliphatic carbocycles. The van der Waals surface area contributed by atoms with Gasteiger partial charge in [-0.3, -0.25) is 9.59 Å². The van der Waals surface area contributed by atoms with Gasteiger partial charge in [0.2, 0.25) is 0 Å². The molecule has 0 radical (unpaired) electrons. The van der Waals surface area contributed by atoms with Crippen molar-refractivity contribution in [2.24, 2.45) is 0 Å². The number of esters is 2. The number of carbonyl (C=O) groups excluding carboxylic acids is 2. The molecule has 6 heteroatoms. The number of carbonyl (C=O) groups is 2. The van der Waals surface area contributed by atoms with Gasteiger partial charge in [0.1, 0.15) is 13.2 Å². The summed E-state index contributed by atoms with van der Waals surface area (Å²) in [4.78, 5) is 20.3. The first-order valence-corrected chi connectivity index (χ1v) is 4.41. The molecule has 0 spiro atoms. The average molecular weight is 222 g/mol. The van der Waals surface area contributed by atoms with E-state index >= 15 is 0 Å². The fourth-order valence-corrected chi connectivity index (χ4v) is 0.462. The van der Waals surface area contributed by atoms with Crippen LogP contribution in [-0.4, -0.2) is 50.6 Å². The van der Waals surface area contributed by atoms with Crippen molar-refractivity contribution in [2.75, 3.05) is 33.5 Å². The van der Waals surface area contributed by atoms with Crippen LogP contribution in [0.25, 0.3) is 0 Å². The van der Waals surface area contributed by atoms with Crippen molar-refractivity contribution >= 4 is 11.9 Å². The van der Waals surface area contributed by atoms with Gasteiger partial charge in [0.05, 0.1) is 13.2 Å². The van der Waals surface area contributed by atoms with Crippen LogP contribution in [-0.2, 0) is 23.8 Å². The quantitative estimate of drug-likeness (QED) is 0.509. The molecule has 0 aromatic rings. The molecule has 0 heterocycles. The highest BCUT2D eigenvalue weighted by Gasteiger charge is 1.94. The van der Waals surface area contributed by atoms with Gasteiger partial charge < -0.3 is 19.3 Å². The van der Waals surface area contributed by atoms with Crippen LogP contribution in [0.1, 0.15) is 13.8 Å². The maximum Gasteiger partial charge on any atom is 0.302 e. The van der Waals surface area contributed by atoms with E-state index in [1.165, 1.54) is 13.8 Å². The molecule has 0 aliphatic heterocycles. The van der Waals surface area contributed by atoms with Gasteiger partial charge >= 0.3 is 11.9 Å². The summed E-state index contributed by atoms with van der Waals surface area (Å²) in [6.07, 6.45) is 0. The molecule has 90 valence electrons. The summed E-state index contributed by atoms with van der Waals surface area (Å²) in [6, 6.07) is 0. The van der Waals surface area contributed by atoms with E-state index in [2.05, 4.69) is 14.2 Å². The molecule has 0 aromatic carbocycles. The Bertz CT molecular complexity index is 150. The Kier molecular flexibility index (Phi) is 14.0. The third-order valence-electron chi connectivity index (χ3n) is 0.989. The Labute approximate surface area is 89.1 Å². The third-order valence-corrected chi connectivity index (χ3v) is 0.989. The first-order valence-electron chi connectivity index (χ1n) is 4.41. The Morgan fingerprint density at radius 1 is 1.00 bits per heavy atom. The lowest BCUT2D eigenvalue weighted by molar-refractivity contribution is -0.149. The van der Waals surface area contributed by atoms with Crippen molar-refractivity contribution in [3.63, 3.8) is 0 Å². The molecular weight excluding hydrogens is 204 g/mol. The fourth-order valence-electron chi connectivity index (χ4n) is 0.462. The standard InChI is InChI=1S/C6H10O4.C3H8O2/c1-5(7)9-3-4-10-6(2)8;1-5-3-2-4/h3-4H2,1-2H3;4H,2-3H2,1H3. The largest absolute Gasteiger partial charge is 0.462 e. The first-order chi connectivity index (χ1) is 7.04. The van der Waals surface area contributed by atoms with Crippen molar-refractivity contribution in [3.05, 3.63) is 0 Å². The van der Waals surface area contributed by atoms with E-state index in [9.17, 15) is 9.59 Å². The highest BCUT2D eigenvalue weighted by Crippen LogP contribution is 1.79. The molecule has 15 heavy (non-hydrogen) atoms. The number of hydrogen-bond acceptors (Lipinski definition) is 6. The molecule has 0 aromatic heterocycles. The molecule has 0 rings (SSSR count). The van der Waals surface area contributed by atoms with Crippen LogP contribution >= 0.6 is 0 Å². The number of rotatable bonds is 5. The zero-order valence-corrected chi connectivity index (χ0v) is 9.32. The van der Waals surface area contributed by atoms with Crippen LogP contribution in [0.4, 0.5) is 0 Å². The van der Waals surface area contributed by atoms with Gasteiger partial charge in [0.15, 0.2) is 0 Å². The predicted molar refractivity (Wildman–Crippen MR) is 52.2 cm³/mol. The van der Waals surface area contributed by atoms with Gasteiger partial charge in [-0.05, 0) is 0 Å². The summed E-state index contributed by atoms with van der Waals surface area (Å²) in [5.74, 6) is -0.737. The number of hydrogen-bond donors (Lipinski definition) is 1. The van der Waals surface area contributed by atoms with E-state index in [0.717, 1.165) is 0 Å². The summed E-state index contributed by atoms with van der Waals surface area (Å²) in [6.45, 7) is 3.43. The Balaban J connectivity index is 0. The molecule has 0 saturated heterocycles. The number of methoxy groups -OCH3 is 1. The van der Waals surface area contributed by atoms with Crippen LogP contribution in [0.2, 0.25) is 0 Å². The van der Waals surface area contributed by atoms with E-state index in [-0.39, 0.29) is 31.8 Å². The van der Waals surface area contributed by atoms with Gasteiger partial charge in [0, 0.05) is 21.0 Å². The molecule has 0 aliphatic rings. The second kappa shape index (κ2) is 12.9. The Morgan fingerprint density at radius 2 is 1.40 bits per heavy atom. The maximum atomic E-state index is 10.1. The molecule has 0 bridgehead atoms. The topological polar surface area (TPSA) is 82.1 Å². The van der Waals surface area contributed by atoms with E-state index < -0.39 is 0 Å². The SMILES string of the molecule is CC(=O)OCCOC(C)=O.COCCO. The van der Waals surface area contributed by atoms with Crippen molar-refractivity contribution in [3.8, 4) is 0 Å². The maximum absolute atomic E-state index is 10.1. The molecule has 0 saturated carbocycles. The molecule has 0 unspecified atom stereocenters. The molecule has 1 N–H and O–H groups in total. The minimum absolute atomic E-state index is 0.122. The van der Waals surface area contributed by atoms with Gasteiger partial charge in [-0.1, -0.05) is 0 Å². The van der Waals surface area contributed by atoms with Crippen LogP contribution in [0.15, 0.2) is 0 Å². The van der Waals surface area contributed by atoms with Crippen LogP contribution in [0, 0.1) is 0 Å². The average Bonchev–Trinajstić information content (AvgIpc) is 2.14. The summed E-state index contributed by atoms with van der Waals surface area (Å²) in [5.41, 5.74) is 0. The number of aliphatic hydroxyl groups is 1. The molecule has 0 amide bonds. The zero-order valence-electron chi connectivity index (χ0n) is 9.32. The highest BCUT2D eigenvalue weighted by atomic mass is 16.6. The number of ether oxygens (including phenoxy) is 3. The molecule has 6 nitrogen and oxygen atoms in total. The molecule has 0 fully saturated rings. The van der Waals surface area contributed by atoms with Gasteiger partial charge in [-0.25, -0.2) is 0 Å². The van der Waals surface area contributed by atoms with Crippen molar-refractivity contribution in [2.45, 2.75) is 13.8 Å². The van der Waals surface area contributed by atoms with Crippen molar-refractivity contribution in [1.29, 1.82) is 0 Å². The monoisotopic (exact) mass is 222 g/mol. The summed E-state index contributed by atoms with van der Waals surface area (Å²) in [7, 11) is 1.55. The minimum Gasteiger partial charge on any atom is -0.462 e. The lowest BCUT2D eigenvalue weighted by Crippen LogP contribution is -2.09. The van der Waals surface area contributed by atoms with Crippen molar-refractivity contribution < 1.29 is 28.9 Å². The van der Waals surface area contributed by atoms with Crippen LogP contribution in [0.5, 0.6) is 0 Å². The van der Waals surface area contributed by atoms with E-state index in [4.69, 9.17) is 5.11 Å². The van der Waals surface area contributed by atoms with E-state index in [1.54, 1.807) is 7.11 Å².